The van der Waals surface area contributed by atoms with Gasteiger partial charge in [-0.3, -0.25) is 0 Å². The Bertz CT molecular complexity index is 1180. The van der Waals surface area contributed by atoms with Gasteiger partial charge in [-0.2, -0.15) is 0 Å². The Morgan fingerprint density at radius 2 is 1.52 bits per heavy atom. The predicted molar refractivity (Wildman–Crippen MR) is 109 cm³/mol. The lowest BCUT2D eigenvalue weighted by Crippen LogP contribution is -2.15. The molecule has 1 aromatic heterocycles. The van der Waals surface area contributed by atoms with Crippen LogP contribution in [-0.2, 0) is 6.42 Å². The van der Waals surface area contributed by atoms with Crippen molar-refractivity contribution in [2.24, 2.45) is 0 Å². The Morgan fingerprint density at radius 3 is 2.30 bits per heavy atom. The first-order chi connectivity index (χ1) is 13.2. The minimum absolute atomic E-state index is 0.0248. The molecule has 2 atom stereocenters. The Kier molecular flexibility index (Phi) is 3.87. The van der Waals surface area contributed by atoms with E-state index in [0.29, 0.717) is 5.58 Å². The zero-order chi connectivity index (χ0) is 18.4. The summed E-state index contributed by atoms with van der Waals surface area (Å²) in [5.74, 6) is 0.150. The van der Waals surface area contributed by atoms with Crippen LogP contribution in [0.15, 0.2) is 88.1 Å². The Balaban J connectivity index is 1.77. The van der Waals surface area contributed by atoms with Crippen LogP contribution >= 0.6 is 11.6 Å². The van der Waals surface area contributed by atoms with Crippen molar-refractivity contribution in [3.8, 4) is 0 Å². The van der Waals surface area contributed by atoms with Gasteiger partial charge in [0.05, 0.1) is 0 Å². The fraction of sp³-hybridized carbons (Fsp3) is 0.125. The van der Waals surface area contributed by atoms with E-state index >= 15 is 0 Å². The van der Waals surface area contributed by atoms with Gasteiger partial charge >= 0.3 is 5.63 Å². The monoisotopic (exact) mass is 372 g/mol. The summed E-state index contributed by atoms with van der Waals surface area (Å²) in [6.07, 6.45) is 0.808. The smallest absolute Gasteiger partial charge is 0.340 e. The van der Waals surface area contributed by atoms with Crippen molar-refractivity contribution >= 4 is 22.6 Å². The number of hydrogen-bond acceptors (Lipinski definition) is 2. The maximum atomic E-state index is 13.0. The highest BCUT2D eigenvalue weighted by atomic mass is 35.5. The minimum Gasteiger partial charge on any atom is -0.422 e. The lowest BCUT2D eigenvalue weighted by Gasteiger charge is -2.21. The van der Waals surface area contributed by atoms with Gasteiger partial charge in [-0.15, -0.1) is 0 Å². The van der Waals surface area contributed by atoms with Crippen molar-refractivity contribution in [3.05, 3.63) is 117 Å². The second-order valence-corrected chi connectivity index (χ2v) is 7.46. The van der Waals surface area contributed by atoms with E-state index in [2.05, 4.69) is 24.3 Å². The van der Waals surface area contributed by atoms with E-state index in [0.717, 1.165) is 33.5 Å². The zero-order valence-electron chi connectivity index (χ0n) is 14.6. The SMILES string of the molecule is O=c1oc2ccccc2c2c1[C@H](c1ccccc1)[C@@H](c1ccc(Cl)cc1)C2. The van der Waals surface area contributed by atoms with Crippen LogP contribution in [0.4, 0.5) is 0 Å². The topological polar surface area (TPSA) is 30.2 Å². The van der Waals surface area contributed by atoms with Crippen LogP contribution in [0, 0.1) is 0 Å². The molecule has 1 aliphatic carbocycles. The van der Waals surface area contributed by atoms with Crippen molar-refractivity contribution in [2.75, 3.05) is 0 Å². The predicted octanol–water partition coefficient (Wildman–Crippen LogP) is 5.92. The molecule has 1 heterocycles. The Labute approximate surface area is 162 Å². The average molecular weight is 373 g/mol. The van der Waals surface area contributed by atoms with Crippen LogP contribution in [0.1, 0.15) is 34.1 Å². The van der Waals surface area contributed by atoms with Crippen molar-refractivity contribution in [1.29, 1.82) is 0 Å². The van der Waals surface area contributed by atoms with Gasteiger partial charge in [-0.25, -0.2) is 4.79 Å². The fourth-order valence-corrected chi connectivity index (χ4v) is 4.51. The molecule has 5 rings (SSSR count). The summed E-state index contributed by atoms with van der Waals surface area (Å²) in [7, 11) is 0. The van der Waals surface area contributed by atoms with E-state index in [1.807, 2.05) is 54.6 Å². The molecule has 4 aromatic rings. The van der Waals surface area contributed by atoms with Crippen LogP contribution in [0.2, 0.25) is 5.02 Å². The first-order valence-electron chi connectivity index (χ1n) is 9.07. The number of benzene rings is 3. The molecule has 0 saturated carbocycles. The molecule has 0 aliphatic heterocycles. The van der Waals surface area contributed by atoms with Crippen LogP contribution < -0.4 is 5.63 Å². The number of halogens is 1. The van der Waals surface area contributed by atoms with E-state index in [-0.39, 0.29) is 17.5 Å². The first kappa shape index (κ1) is 16.3. The van der Waals surface area contributed by atoms with Gasteiger partial charge in [-0.1, -0.05) is 72.3 Å². The minimum atomic E-state index is -0.228. The fourth-order valence-electron chi connectivity index (χ4n) is 4.38. The lowest BCUT2D eigenvalue weighted by atomic mass is 9.82. The molecule has 0 spiro atoms. The number of rotatable bonds is 2. The molecule has 1 aliphatic rings. The van der Waals surface area contributed by atoms with E-state index in [9.17, 15) is 4.79 Å². The lowest BCUT2D eigenvalue weighted by molar-refractivity contribution is 0.542. The van der Waals surface area contributed by atoms with Crippen molar-refractivity contribution in [1.82, 2.24) is 0 Å². The average Bonchev–Trinajstić information content (AvgIpc) is 3.11. The van der Waals surface area contributed by atoms with Gasteiger partial charge < -0.3 is 4.42 Å². The van der Waals surface area contributed by atoms with Crippen LogP contribution in [0.25, 0.3) is 11.0 Å². The third kappa shape index (κ3) is 2.68. The van der Waals surface area contributed by atoms with Crippen LogP contribution in [-0.4, -0.2) is 0 Å². The van der Waals surface area contributed by atoms with Crippen molar-refractivity contribution < 1.29 is 4.42 Å². The molecular weight excluding hydrogens is 356 g/mol. The molecule has 0 radical (unpaired) electrons. The Hall–Kier alpha value is -2.84. The van der Waals surface area contributed by atoms with Gasteiger partial charge in [-0.05, 0) is 47.2 Å². The van der Waals surface area contributed by atoms with E-state index in [1.54, 1.807) is 0 Å². The van der Waals surface area contributed by atoms with Gasteiger partial charge in [0.2, 0.25) is 0 Å². The maximum absolute atomic E-state index is 13.0. The van der Waals surface area contributed by atoms with Gasteiger partial charge in [0.15, 0.2) is 0 Å². The molecule has 0 fully saturated rings. The van der Waals surface area contributed by atoms with E-state index in [4.69, 9.17) is 16.0 Å². The largest absolute Gasteiger partial charge is 0.422 e. The molecule has 0 N–H and O–H groups in total. The zero-order valence-corrected chi connectivity index (χ0v) is 15.3. The first-order valence-corrected chi connectivity index (χ1v) is 9.45. The maximum Gasteiger partial charge on any atom is 0.340 e. The molecular formula is C24H17ClO2. The molecule has 132 valence electrons. The van der Waals surface area contributed by atoms with E-state index in [1.165, 1.54) is 5.56 Å². The highest BCUT2D eigenvalue weighted by Crippen LogP contribution is 2.48. The van der Waals surface area contributed by atoms with Crippen molar-refractivity contribution in [3.63, 3.8) is 0 Å². The highest BCUT2D eigenvalue weighted by Gasteiger charge is 2.38. The molecule has 0 saturated heterocycles. The van der Waals surface area contributed by atoms with Gasteiger partial charge in [0, 0.05) is 21.9 Å². The Morgan fingerprint density at radius 1 is 0.815 bits per heavy atom. The molecule has 0 bridgehead atoms. The molecule has 3 heteroatoms. The quantitative estimate of drug-likeness (QED) is 0.409. The third-order valence-electron chi connectivity index (χ3n) is 5.55. The number of hydrogen-bond donors (Lipinski definition) is 0. The summed E-state index contributed by atoms with van der Waals surface area (Å²) in [4.78, 5) is 13.0. The van der Waals surface area contributed by atoms with Crippen molar-refractivity contribution in [2.45, 2.75) is 18.3 Å². The van der Waals surface area contributed by atoms with Gasteiger partial charge in [0.25, 0.3) is 0 Å². The number of para-hydroxylation sites is 1. The second-order valence-electron chi connectivity index (χ2n) is 7.03. The second kappa shape index (κ2) is 6.40. The molecule has 3 aromatic carbocycles. The molecule has 0 amide bonds. The van der Waals surface area contributed by atoms with E-state index < -0.39 is 0 Å². The molecule has 2 nitrogen and oxygen atoms in total. The molecule has 27 heavy (non-hydrogen) atoms. The summed E-state index contributed by atoms with van der Waals surface area (Å²) in [6.45, 7) is 0. The number of fused-ring (bicyclic) bond motifs is 3. The summed E-state index contributed by atoms with van der Waals surface area (Å²) < 4.78 is 5.68. The van der Waals surface area contributed by atoms with Gasteiger partial charge in [0.1, 0.15) is 5.58 Å². The summed E-state index contributed by atoms with van der Waals surface area (Å²) in [5.41, 5.74) is 4.65. The third-order valence-corrected chi connectivity index (χ3v) is 5.81. The summed E-state index contributed by atoms with van der Waals surface area (Å²) >= 11 is 6.10. The normalized spacial score (nSPS) is 18.6. The summed E-state index contributed by atoms with van der Waals surface area (Å²) in [5, 5.41) is 1.75. The van der Waals surface area contributed by atoms with Crippen LogP contribution in [0.5, 0.6) is 0 Å². The standard InChI is InChI=1S/C24H17ClO2/c25-17-12-10-15(11-13-17)19-14-20-18-8-4-5-9-21(18)27-24(26)23(20)22(19)16-6-2-1-3-7-16/h1-13,19,22H,14H2/t19-,22-/m1/s1. The highest BCUT2D eigenvalue weighted by molar-refractivity contribution is 6.30. The van der Waals surface area contributed by atoms with Crippen LogP contribution in [0.3, 0.4) is 0 Å². The summed E-state index contributed by atoms with van der Waals surface area (Å²) in [6, 6.07) is 26.0. The molecule has 0 unspecified atom stereocenters.